The van der Waals surface area contributed by atoms with Crippen LogP contribution in [0.5, 0.6) is 0 Å². The summed E-state index contributed by atoms with van der Waals surface area (Å²) in [6.07, 6.45) is 2.85. The maximum Gasteiger partial charge on any atom is 0.256 e. The molecule has 3 aromatic rings. The lowest BCUT2D eigenvalue weighted by Gasteiger charge is -2.20. The Morgan fingerprint density at radius 3 is 2.21 bits per heavy atom. The number of aryl methyl sites for hydroxylation is 1. The molecule has 0 atom stereocenters. The van der Waals surface area contributed by atoms with E-state index in [0.717, 1.165) is 35.6 Å². The molecule has 1 aliphatic carbocycles. The predicted octanol–water partition coefficient (Wildman–Crippen LogP) is 5.02. The monoisotopic (exact) mass is 386 g/mol. The topological polar surface area (TPSA) is 49.4 Å². The third-order valence-electron chi connectivity index (χ3n) is 5.52. The molecule has 29 heavy (non-hydrogen) atoms. The van der Waals surface area contributed by atoms with Crippen LogP contribution in [-0.2, 0) is 17.8 Å². The summed E-state index contributed by atoms with van der Waals surface area (Å²) in [5.41, 5.74) is 3.49. The maximum atomic E-state index is 13.3. The fourth-order valence-corrected chi connectivity index (χ4v) is 3.53. The molecule has 148 valence electrons. The highest BCUT2D eigenvalue weighted by Crippen LogP contribution is 2.32. The van der Waals surface area contributed by atoms with E-state index < -0.39 is 0 Å². The van der Waals surface area contributed by atoms with Gasteiger partial charge in [-0.15, -0.1) is 0 Å². The second kappa shape index (κ2) is 8.08. The van der Waals surface area contributed by atoms with E-state index in [1.165, 1.54) is 5.56 Å². The van der Waals surface area contributed by atoms with Crippen LogP contribution < -0.4 is 5.32 Å². The fourth-order valence-electron chi connectivity index (χ4n) is 3.53. The zero-order chi connectivity index (χ0) is 20.4. The lowest BCUT2D eigenvalue weighted by atomic mass is 10.0. The average Bonchev–Trinajstić information content (AvgIpc) is 3.59. The van der Waals surface area contributed by atoms with Gasteiger partial charge >= 0.3 is 0 Å². The minimum Gasteiger partial charge on any atom is -0.337 e. The van der Waals surface area contributed by atoms with E-state index in [1.54, 1.807) is 11.9 Å². The first kappa shape index (κ1) is 19.2. The summed E-state index contributed by atoms with van der Waals surface area (Å²) in [6, 6.07) is 20.0. The summed E-state index contributed by atoms with van der Waals surface area (Å²) in [5, 5.41) is 4.99. The molecule has 1 aliphatic rings. The number of carbonyl (C=O) groups excluding carboxylic acids is 2. The highest BCUT2D eigenvalue weighted by atomic mass is 16.2. The van der Waals surface area contributed by atoms with Crippen LogP contribution in [0.1, 0.15) is 41.3 Å². The Morgan fingerprint density at radius 2 is 1.59 bits per heavy atom. The van der Waals surface area contributed by atoms with Gasteiger partial charge in [-0.05, 0) is 53.3 Å². The van der Waals surface area contributed by atoms with E-state index >= 15 is 0 Å². The molecular weight excluding hydrogens is 360 g/mol. The largest absolute Gasteiger partial charge is 0.337 e. The predicted molar refractivity (Wildman–Crippen MR) is 117 cm³/mol. The molecule has 1 saturated carbocycles. The molecule has 0 spiro atoms. The van der Waals surface area contributed by atoms with Crippen LogP contribution >= 0.6 is 0 Å². The Labute approximate surface area is 171 Å². The lowest BCUT2D eigenvalue weighted by molar-refractivity contribution is -0.117. The van der Waals surface area contributed by atoms with E-state index in [-0.39, 0.29) is 17.7 Å². The number of hydrogen-bond donors (Lipinski definition) is 1. The molecular formula is C25H26N2O2. The normalized spacial score (nSPS) is 13.3. The number of anilines is 1. The van der Waals surface area contributed by atoms with E-state index in [0.29, 0.717) is 17.8 Å². The zero-order valence-corrected chi connectivity index (χ0v) is 16.9. The summed E-state index contributed by atoms with van der Waals surface area (Å²) in [4.78, 5) is 27.4. The first-order chi connectivity index (χ1) is 14.0. The first-order valence-corrected chi connectivity index (χ1v) is 10.2. The van der Waals surface area contributed by atoms with Gasteiger partial charge in [-0.2, -0.15) is 0 Å². The van der Waals surface area contributed by atoms with Gasteiger partial charge in [-0.3, -0.25) is 9.59 Å². The molecule has 4 rings (SSSR count). The number of hydrogen-bond acceptors (Lipinski definition) is 2. The molecule has 1 N–H and O–H groups in total. The van der Waals surface area contributed by atoms with E-state index in [9.17, 15) is 9.59 Å². The Morgan fingerprint density at radius 1 is 0.966 bits per heavy atom. The Balaban J connectivity index is 1.62. The summed E-state index contributed by atoms with van der Waals surface area (Å²) in [6.45, 7) is 2.65. The van der Waals surface area contributed by atoms with Crippen molar-refractivity contribution in [3.8, 4) is 0 Å². The molecule has 2 amide bonds. The molecule has 0 unspecified atom stereocenters. The minimum atomic E-state index is -0.0959. The number of rotatable bonds is 6. The third kappa shape index (κ3) is 4.32. The van der Waals surface area contributed by atoms with Crippen LogP contribution in [0.4, 0.5) is 5.69 Å². The average molecular weight is 386 g/mol. The molecule has 4 nitrogen and oxygen atoms in total. The Hall–Kier alpha value is -3.14. The van der Waals surface area contributed by atoms with Gasteiger partial charge in [0, 0.05) is 19.5 Å². The highest BCUT2D eigenvalue weighted by Gasteiger charge is 2.30. The van der Waals surface area contributed by atoms with Crippen molar-refractivity contribution in [2.24, 2.45) is 5.92 Å². The fraction of sp³-hybridized carbons (Fsp3) is 0.280. The van der Waals surface area contributed by atoms with Crippen molar-refractivity contribution in [1.29, 1.82) is 0 Å². The Bertz CT molecular complexity index is 1050. The Kier molecular flexibility index (Phi) is 5.34. The first-order valence-electron chi connectivity index (χ1n) is 10.2. The van der Waals surface area contributed by atoms with Crippen molar-refractivity contribution < 1.29 is 9.59 Å². The van der Waals surface area contributed by atoms with Crippen molar-refractivity contribution in [2.45, 2.75) is 32.7 Å². The third-order valence-corrected chi connectivity index (χ3v) is 5.52. The summed E-state index contributed by atoms with van der Waals surface area (Å²) >= 11 is 0. The SMILES string of the molecule is CCc1ccc(CN(C)C(=O)c2cc3ccccc3cc2NC(=O)C2CC2)cc1. The van der Waals surface area contributed by atoms with Crippen LogP contribution in [0.15, 0.2) is 60.7 Å². The number of nitrogens with zero attached hydrogens (tertiary/aromatic N) is 1. The standard InChI is InChI=1S/C25H26N2O2/c1-3-17-8-10-18(11-9-17)16-27(2)25(29)22-14-20-6-4-5-7-21(20)15-23(22)26-24(28)19-12-13-19/h4-11,14-15,19H,3,12-13,16H2,1-2H3,(H,26,28). The van der Waals surface area contributed by atoms with Gasteiger partial charge in [0.2, 0.25) is 5.91 Å². The van der Waals surface area contributed by atoms with Gasteiger partial charge in [0.15, 0.2) is 0 Å². The number of amides is 2. The van der Waals surface area contributed by atoms with E-state index in [2.05, 4.69) is 36.5 Å². The molecule has 0 aliphatic heterocycles. The van der Waals surface area contributed by atoms with E-state index in [4.69, 9.17) is 0 Å². The smallest absolute Gasteiger partial charge is 0.256 e. The quantitative estimate of drug-likeness (QED) is 0.646. The summed E-state index contributed by atoms with van der Waals surface area (Å²) in [5.74, 6) is -0.00668. The van der Waals surface area contributed by atoms with Crippen LogP contribution in [0, 0.1) is 5.92 Å². The van der Waals surface area contributed by atoms with Crippen molar-refractivity contribution in [3.05, 3.63) is 77.4 Å². The molecule has 0 aromatic heterocycles. The van der Waals surface area contributed by atoms with Gasteiger partial charge in [0.25, 0.3) is 5.91 Å². The molecule has 0 heterocycles. The molecule has 3 aromatic carbocycles. The van der Waals surface area contributed by atoms with Gasteiger partial charge < -0.3 is 10.2 Å². The van der Waals surface area contributed by atoms with Crippen molar-refractivity contribution in [2.75, 3.05) is 12.4 Å². The van der Waals surface area contributed by atoms with Crippen LogP contribution in [0.2, 0.25) is 0 Å². The van der Waals surface area contributed by atoms with Crippen molar-refractivity contribution in [3.63, 3.8) is 0 Å². The second-order valence-electron chi connectivity index (χ2n) is 7.84. The van der Waals surface area contributed by atoms with Gasteiger partial charge in [0.05, 0.1) is 11.3 Å². The van der Waals surface area contributed by atoms with Crippen LogP contribution in [-0.4, -0.2) is 23.8 Å². The number of carbonyl (C=O) groups is 2. The van der Waals surface area contributed by atoms with Crippen molar-refractivity contribution in [1.82, 2.24) is 4.90 Å². The lowest BCUT2D eigenvalue weighted by Crippen LogP contribution is -2.27. The molecule has 0 radical (unpaired) electrons. The number of nitrogens with one attached hydrogen (secondary N) is 1. The summed E-state index contributed by atoms with van der Waals surface area (Å²) in [7, 11) is 1.80. The molecule has 1 fully saturated rings. The molecule has 4 heteroatoms. The number of fused-ring (bicyclic) bond motifs is 1. The number of benzene rings is 3. The van der Waals surface area contributed by atoms with Gasteiger partial charge in [-0.25, -0.2) is 0 Å². The zero-order valence-electron chi connectivity index (χ0n) is 16.9. The van der Waals surface area contributed by atoms with Crippen LogP contribution in [0.25, 0.3) is 10.8 Å². The molecule has 0 bridgehead atoms. The van der Waals surface area contributed by atoms with Crippen LogP contribution in [0.3, 0.4) is 0 Å². The maximum absolute atomic E-state index is 13.3. The highest BCUT2D eigenvalue weighted by molar-refractivity contribution is 6.08. The van der Waals surface area contributed by atoms with Gasteiger partial charge in [0.1, 0.15) is 0 Å². The van der Waals surface area contributed by atoms with Gasteiger partial charge in [-0.1, -0.05) is 55.5 Å². The van der Waals surface area contributed by atoms with Crippen molar-refractivity contribution >= 4 is 28.3 Å². The summed E-state index contributed by atoms with van der Waals surface area (Å²) < 4.78 is 0. The second-order valence-corrected chi connectivity index (χ2v) is 7.84. The van der Waals surface area contributed by atoms with E-state index in [1.807, 2.05) is 36.4 Å². The minimum absolute atomic E-state index is 0.00661. The molecule has 0 saturated heterocycles.